The lowest BCUT2D eigenvalue weighted by Crippen LogP contribution is -2.25. The zero-order chi connectivity index (χ0) is 21.8. The maximum atomic E-state index is 12.8. The van der Waals surface area contributed by atoms with Crippen LogP contribution in [0.15, 0.2) is 42.6 Å². The summed E-state index contributed by atoms with van der Waals surface area (Å²) in [4.78, 5) is 23.0. The fourth-order valence-corrected chi connectivity index (χ4v) is 4.41. The van der Waals surface area contributed by atoms with Gasteiger partial charge in [-0.2, -0.15) is 10.1 Å². The van der Waals surface area contributed by atoms with Crippen molar-refractivity contribution in [3.8, 4) is 11.6 Å². The monoisotopic (exact) mass is 437 g/mol. The molecule has 3 aromatic heterocycles. The highest BCUT2D eigenvalue weighted by Crippen LogP contribution is 2.35. The summed E-state index contributed by atoms with van der Waals surface area (Å²) >= 11 is 1.33. The molecule has 160 valence electrons. The smallest absolute Gasteiger partial charge is 0.261 e. The second-order valence-corrected chi connectivity index (χ2v) is 7.91. The average molecular weight is 438 g/mol. The van der Waals surface area contributed by atoms with Crippen molar-refractivity contribution < 1.29 is 14.3 Å². The fraction of sp³-hybridized carbons (Fsp3) is 0.273. The number of aromatic nitrogens is 4. The van der Waals surface area contributed by atoms with Crippen molar-refractivity contribution in [3.63, 3.8) is 0 Å². The maximum Gasteiger partial charge on any atom is 0.261 e. The van der Waals surface area contributed by atoms with Crippen LogP contribution in [0.3, 0.4) is 0 Å². The summed E-state index contributed by atoms with van der Waals surface area (Å²) in [6.45, 7) is 2.65. The normalized spacial score (nSPS) is 11.1. The van der Waals surface area contributed by atoms with E-state index in [0.29, 0.717) is 34.4 Å². The molecule has 3 heterocycles. The standard InChI is InChI=1S/C22H23N5O3S/c1-14-18-21(30-3)24-17(13-29-2)25-22(18)31-19(14)20(28)23-11-9-15-10-12-27(26-15)16-7-5-4-6-8-16/h4-8,10,12H,9,11,13H2,1-3H3,(H,23,28). The maximum absolute atomic E-state index is 12.8. The number of nitrogens with one attached hydrogen (secondary N) is 1. The molecule has 8 nitrogen and oxygen atoms in total. The van der Waals surface area contributed by atoms with Gasteiger partial charge in [-0.15, -0.1) is 11.3 Å². The summed E-state index contributed by atoms with van der Waals surface area (Å²) < 4.78 is 12.4. The highest BCUT2D eigenvalue weighted by atomic mass is 32.1. The molecule has 0 saturated heterocycles. The number of carbonyl (C=O) groups excluding carboxylic acids is 1. The SMILES string of the molecule is COCc1nc(OC)c2c(C)c(C(=O)NCCc3ccn(-c4ccccc4)n3)sc2n1. The summed E-state index contributed by atoms with van der Waals surface area (Å²) in [5, 5.41) is 8.32. The number of rotatable bonds is 8. The lowest BCUT2D eigenvalue weighted by molar-refractivity contribution is 0.0957. The predicted octanol–water partition coefficient (Wildman–Crippen LogP) is 3.31. The number of thiophene rings is 1. The predicted molar refractivity (Wildman–Crippen MR) is 119 cm³/mol. The molecule has 0 aliphatic rings. The molecule has 4 rings (SSSR count). The van der Waals surface area contributed by atoms with Crippen LogP contribution in [-0.2, 0) is 17.8 Å². The number of carbonyl (C=O) groups is 1. The van der Waals surface area contributed by atoms with E-state index in [0.717, 1.165) is 22.3 Å². The van der Waals surface area contributed by atoms with Crippen LogP contribution in [0.5, 0.6) is 5.88 Å². The minimum Gasteiger partial charge on any atom is -0.480 e. The average Bonchev–Trinajstić information content (AvgIpc) is 3.39. The topological polar surface area (TPSA) is 91.2 Å². The number of hydrogen-bond donors (Lipinski definition) is 1. The summed E-state index contributed by atoms with van der Waals surface area (Å²) in [6, 6.07) is 11.9. The van der Waals surface area contributed by atoms with Gasteiger partial charge in [0.05, 0.1) is 28.8 Å². The number of methoxy groups -OCH3 is 2. The van der Waals surface area contributed by atoms with Gasteiger partial charge in [-0.1, -0.05) is 18.2 Å². The van der Waals surface area contributed by atoms with Gasteiger partial charge < -0.3 is 14.8 Å². The third kappa shape index (κ3) is 4.42. The van der Waals surface area contributed by atoms with Crippen molar-refractivity contribution >= 4 is 27.5 Å². The van der Waals surface area contributed by atoms with Crippen LogP contribution in [0.1, 0.15) is 26.8 Å². The summed E-state index contributed by atoms with van der Waals surface area (Å²) in [6.07, 6.45) is 2.56. The first-order valence-corrected chi connectivity index (χ1v) is 10.6. The van der Waals surface area contributed by atoms with Crippen LogP contribution < -0.4 is 10.1 Å². The van der Waals surface area contributed by atoms with Crippen LogP contribution in [0.25, 0.3) is 15.9 Å². The molecule has 0 fully saturated rings. The molecule has 9 heteroatoms. The third-order valence-electron chi connectivity index (χ3n) is 4.81. The first-order valence-electron chi connectivity index (χ1n) is 9.81. The number of aryl methyl sites for hydroxylation is 1. The quantitative estimate of drug-likeness (QED) is 0.455. The molecule has 0 atom stereocenters. The van der Waals surface area contributed by atoms with Crippen LogP contribution in [0.4, 0.5) is 0 Å². The summed E-state index contributed by atoms with van der Waals surface area (Å²) in [5.74, 6) is 0.837. The van der Waals surface area contributed by atoms with E-state index in [2.05, 4.69) is 20.4 Å². The highest BCUT2D eigenvalue weighted by molar-refractivity contribution is 7.20. The molecule has 1 aromatic carbocycles. The Bertz CT molecular complexity index is 1200. The minimum absolute atomic E-state index is 0.140. The van der Waals surface area contributed by atoms with Gasteiger partial charge in [-0.25, -0.2) is 9.67 Å². The van der Waals surface area contributed by atoms with Gasteiger partial charge in [0, 0.05) is 26.3 Å². The number of nitrogens with zero attached hydrogens (tertiary/aromatic N) is 4. The summed E-state index contributed by atoms with van der Waals surface area (Å²) in [7, 11) is 3.14. The third-order valence-corrected chi connectivity index (χ3v) is 5.99. The van der Waals surface area contributed by atoms with Gasteiger partial charge in [0.1, 0.15) is 11.4 Å². The van der Waals surface area contributed by atoms with Crippen molar-refractivity contribution in [3.05, 3.63) is 64.6 Å². The second kappa shape index (κ2) is 9.23. The Balaban J connectivity index is 1.45. The van der Waals surface area contributed by atoms with Crippen LogP contribution in [-0.4, -0.2) is 46.4 Å². The van der Waals surface area contributed by atoms with E-state index in [1.165, 1.54) is 11.3 Å². The van der Waals surface area contributed by atoms with Crippen molar-refractivity contribution in [1.29, 1.82) is 0 Å². The van der Waals surface area contributed by atoms with Crippen molar-refractivity contribution in [2.45, 2.75) is 20.0 Å². The van der Waals surface area contributed by atoms with E-state index < -0.39 is 0 Å². The highest BCUT2D eigenvalue weighted by Gasteiger charge is 2.21. The lowest BCUT2D eigenvalue weighted by atomic mass is 10.2. The molecule has 1 N–H and O–H groups in total. The van der Waals surface area contributed by atoms with Gasteiger partial charge in [0.25, 0.3) is 5.91 Å². The fourth-order valence-electron chi connectivity index (χ4n) is 3.31. The molecule has 1 amide bonds. The Labute approximate surface area is 183 Å². The van der Waals surface area contributed by atoms with E-state index in [4.69, 9.17) is 9.47 Å². The van der Waals surface area contributed by atoms with Gasteiger partial charge in [-0.05, 0) is 30.7 Å². The Morgan fingerprint density at radius 2 is 1.97 bits per heavy atom. The molecule has 0 unspecified atom stereocenters. The Kier molecular flexibility index (Phi) is 6.24. The molecule has 31 heavy (non-hydrogen) atoms. The number of hydrogen-bond acceptors (Lipinski definition) is 7. The van der Waals surface area contributed by atoms with E-state index in [9.17, 15) is 4.79 Å². The van der Waals surface area contributed by atoms with Gasteiger partial charge in [-0.3, -0.25) is 4.79 Å². The molecule has 0 saturated carbocycles. The Morgan fingerprint density at radius 1 is 1.16 bits per heavy atom. The number of fused-ring (bicyclic) bond motifs is 1. The second-order valence-electron chi connectivity index (χ2n) is 6.91. The molecular formula is C22H23N5O3S. The van der Waals surface area contributed by atoms with Gasteiger partial charge in [0.15, 0.2) is 5.82 Å². The minimum atomic E-state index is -0.140. The summed E-state index contributed by atoms with van der Waals surface area (Å²) in [5.41, 5.74) is 2.72. The molecule has 4 aromatic rings. The molecule has 0 radical (unpaired) electrons. The number of amides is 1. The molecule has 0 aliphatic carbocycles. The molecule has 0 spiro atoms. The van der Waals surface area contributed by atoms with Gasteiger partial charge in [0.2, 0.25) is 5.88 Å². The van der Waals surface area contributed by atoms with Crippen molar-refractivity contribution in [1.82, 2.24) is 25.1 Å². The Morgan fingerprint density at radius 3 is 2.71 bits per heavy atom. The van der Waals surface area contributed by atoms with Crippen LogP contribution in [0.2, 0.25) is 0 Å². The lowest BCUT2D eigenvalue weighted by Gasteiger charge is -2.05. The van der Waals surface area contributed by atoms with Gasteiger partial charge >= 0.3 is 0 Å². The first-order chi connectivity index (χ1) is 15.1. The molecular weight excluding hydrogens is 414 g/mol. The van der Waals surface area contributed by atoms with E-state index in [-0.39, 0.29) is 12.5 Å². The molecule has 0 aliphatic heterocycles. The molecule has 0 bridgehead atoms. The Hall–Kier alpha value is -3.30. The van der Waals surface area contributed by atoms with Crippen LogP contribution >= 0.6 is 11.3 Å². The number of ether oxygens (including phenoxy) is 2. The number of benzene rings is 1. The largest absolute Gasteiger partial charge is 0.480 e. The first kappa shape index (κ1) is 21.0. The number of para-hydroxylation sites is 1. The van der Waals surface area contributed by atoms with E-state index >= 15 is 0 Å². The van der Waals surface area contributed by atoms with Crippen molar-refractivity contribution in [2.75, 3.05) is 20.8 Å². The zero-order valence-electron chi connectivity index (χ0n) is 17.6. The van der Waals surface area contributed by atoms with Crippen molar-refractivity contribution in [2.24, 2.45) is 0 Å². The van der Waals surface area contributed by atoms with E-state index in [1.54, 1.807) is 14.2 Å². The van der Waals surface area contributed by atoms with Crippen LogP contribution in [0, 0.1) is 6.92 Å². The van der Waals surface area contributed by atoms with E-state index in [1.807, 2.05) is 54.2 Å². The zero-order valence-corrected chi connectivity index (χ0v) is 18.4.